The molecular formula is C14H19NO4. The van der Waals surface area contributed by atoms with E-state index in [9.17, 15) is 9.59 Å². The van der Waals surface area contributed by atoms with E-state index in [1.807, 2.05) is 26.0 Å². The van der Waals surface area contributed by atoms with Gasteiger partial charge >= 0.3 is 5.97 Å². The van der Waals surface area contributed by atoms with Gasteiger partial charge in [-0.3, -0.25) is 9.59 Å². The summed E-state index contributed by atoms with van der Waals surface area (Å²) in [6.45, 7) is 4.09. The number of benzene rings is 1. The third-order valence-corrected chi connectivity index (χ3v) is 3.00. The van der Waals surface area contributed by atoms with Gasteiger partial charge in [0.15, 0.2) is 0 Å². The zero-order valence-electron chi connectivity index (χ0n) is 11.4. The SMILES string of the molecule is COC(CNC(=O)c1ccc(C)c(C)c1)CC(=O)O. The molecule has 0 aliphatic carbocycles. The number of hydrogen-bond acceptors (Lipinski definition) is 3. The Morgan fingerprint density at radius 2 is 2.00 bits per heavy atom. The highest BCUT2D eigenvalue weighted by Gasteiger charge is 2.14. The molecule has 1 amide bonds. The molecule has 19 heavy (non-hydrogen) atoms. The van der Waals surface area contributed by atoms with Gasteiger partial charge in [0.25, 0.3) is 5.91 Å². The van der Waals surface area contributed by atoms with E-state index < -0.39 is 12.1 Å². The molecule has 0 spiro atoms. The Hall–Kier alpha value is -1.88. The van der Waals surface area contributed by atoms with Crippen molar-refractivity contribution >= 4 is 11.9 Å². The van der Waals surface area contributed by atoms with Crippen LogP contribution in [0.5, 0.6) is 0 Å². The van der Waals surface area contributed by atoms with Gasteiger partial charge in [-0.1, -0.05) is 6.07 Å². The lowest BCUT2D eigenvalue weighted by Crippen LogP contribution is -2.34. The molecule has 0 saturated carbocycles. The lowest BCUT2D eigenvalue weighted by atomic mass is 10.1. The first kappa shape index (κ1) is 15.2. The number of ether oxygens (including phenoxy) is 1. The Labute approximate surface area is 112 Å². The van der Waals surface area contributed by atoms with Crippen LogP contribution in [0.4, 0.5) is 0 Å². The van der Waals surface area contributed by atoms with Crippen LogP contribution in [0.3, 0.4) is 0 Å². The van der Waals surface area contributed by atoms with Crippen molar-refractivity contribution in [3.8, 4) is 0 Å². The van der Waals surface area contributed by atoms with E-state index >= 15 is 0 Å². The second-order valence-corrected chi connectivity index (χ2v) is 4.46. The Balaban J connectivity index is 2.59. The molecule has 1 rings (SSSR count). The fraction of sp³-hybridized carbons (Fsp3) is 0.429. The van der Waals surface area contributed by atoms with Crippen LogP contribution in [0.2, 0.25) is 0 Å². The van der Waals surface area contributed by atoms with Crippen LogP contribution >= 0.6 is 0 Å². The fourth-order valence-electron chi connectivity index (χ4n) is 1.62. The number of aliphatic carboxylic acids is 1. The molecular weight excluding hydrogens is 246 g/mol. The van der Waals surface area contributed by atoms with E-state index in [4.69, 9.17) is 9.84 Å². The van der Waals surface area contributed by atoms with E-state index in [-0.39, 0.29) is 18.9 Å². The Morgan fingerprint density at radius 1 is 1.32 bits per heavy atom. The summed E-state index contributed by atoms with van der Waals surface area (Å²) in [5.41, 5.74) is 2.73. The van der Waals surface area contributed by atoms with Crippen LogP contribution in [0.1, 0.15) is 27.9 Å². The Bertz CT molecular complexity index is 471. The van der Waals surface area contributed by atoms with Gasteiger partial charge in [0.05, 0.1) is 12.5 Å². The molecule has 5 heteroatoms. The number of nitrogens with one attached hydrogen (secondary N) is 1. The van der Waals surface area contributed by atoms with Gasteiger partial charge in [-0.15, -0.1) is 0 Å². The normalized spacial score (nSPS) is 11.9. The Kier molecular flexibility index (Phi) is 5.51. The number of carbonyl (C=O) groups excluding carboxylic acids is 1. The number of aryl methyl sites for hydroxylation is 2. The predicted octanol–water partition coefficient (Wildman–Crippen LogP) is 1.52. The molecule has 0 aliphatic heterocycles. The molecule has 1 atom stereocenters. The summed E-state index contributed by atoms with van der Waals surface area (Å²) in [7, 11) is 1.43. The van der Waals surface area contributed by atoms with Gasteiger partial charge in [0.1, 0.15) is 0 Å². The standard InChI is InChI=1S/C14H19NO4/c1-9-4-5-11(6-10(9)2)14(18)15-8-12(19-3)7-13(16)17/h4-6,12H,7-8H2,1-3H3,(H,15,18)(H,16,17). The smallest absolute Gasteiger partial charge is 0.306 e. The van der Waals surface area contributed by atoms with Crippen molar-refractivity contribution in [2.45, 2.75) is 26.4 Å². The molecule has 104 valence electrons. The van der Waals surface area contributed by atoms with E-state index in [0.29, 0.717) is 5.56 Å². The topological polar surface area (TPSA) is 75.6 Å². The van der Waals surface area contributed by atoms with Gasteiger partial charge < -0.3 is 15.2 Å². The molecule has 2 N–H and O–H groups in total. The molecule has 0 radical (unpaired) electrons. The zero-order valence-corrected chi connectivity index (χ0v) is 11.4. The summed E-state index contributed by atoms with van der Waals surface area (Å²) < 4.78 is 4.99. The summed E-state index contributed by atoms with van der Waals surface area (Å²) >= 11 is 0. The van der Waals surface area contributed by atoms with E-state index in [1.54, 1.807) is 6.07 Å². The third-order valence-electron chi connectivity index (χ3n) is 3.00. The molecule has 0 aromatic heterocycles. The highest BCUT2D eigenvalue weighted by Crippen LogP contribution is 2.09. The van der Waals surface area contributed by atoms with Crippen LogP contribution in [0, 0.1) is 13.8 Å². The van der Waals surface area contributed by atoms with Crippen LogP contribution in [0.25, 0.3) is 0 Å². The minimum Gasteiger partial charge on any atom is -0.481 e. The maximum absolute atomic E-state index is 11.9. The number of amides is 1. The van der Waals surface area contributed by atoms with E-state index in [2.05, 4.69) is 5.32 Å². The van der Waals surface area contributed by atoms with Gasteiger partial charge in [0.2, 0.25) is 0 Å². The first-order valence-corrected chi connectivity index (χ1v) is 6.04. The summed E-state index contributed by atoms with van der Waals surface area (Å²) in [5, 5.41) is 11.3. The molecule has 0 aliphatic rings. The average molecular weight is 265 g/mol. The second kappa shape index (κ2) is 6.89. The number of rotatable bonds is 6. The van der Waals surface area contributed by atoms with Crippen LogP contribution < -0.4 is 5.32 Å². The van der Waals surface area contributed by atoms with Gasteiger partial charge in [-0.05, 0) is 37.1 Å². The summed E-state index contributed by atoms with van der Waals surface area (Å²) in [5.74, 6) is -1.18. The predicted molar refractivity (Wildman–Crippen MR) is 71.3 cm³/mol. The number of carboxylic acids is 1. The van der Waals surface area contributed by atoms with Crippen LogP contribution in [0.15, 0.2) is 18.2 Å². The minimum atomic E-state index is -0.952. The second-order valence-electron chi connectivity index (χ2n) is 4.46. The van der Waals surface area contributed by atoms with Gasteiger partial charge in [-0.2, -0.15) is 0 Å². The first-order chi connectivity index (χ1) is 8.93. The maximum Gasteiger partial charge on any atom is 0.306 e. The van der Waals surface area contributed by atoms with Crippen molar-refractivity contribution in [3.63, 3.8) is 0 Å². The molecule has 0 saturated heterocycles. The molecule has 1 aromatic carbocycles. The quantitative estimate of drug-likeness (QED) is 0.817. The van der Waals surface area contributed by atoms with Crippen molar-refractivity contribution in [2.24, 2.45) is 0 Å². The molecule has 1 aromatic rings. The molecule has 0 fully saturated rings. The van der Waals surface area contributed by atoms with Crippen molar-refractivity contribution in [2.75, 3.05) is 13.7 Å². The van der Waals surface area contributed by atoms with Gasteiger partial charge in [-0.25, -0.2) is 0 Å². The lowest BCUT2D eigenvalue weighted by Gasteiger charge is -2.14. The fourth-order valence-corrected chi connectivity index (χ4v) is 1.62. The zero-order chi connectivity index (χ0) is 14.4. The summed E-state index contributed by atoms with van der Waals surface area (Å²) in [4.78, 5) is 22.5. The maximum atomic E-state index is 11.9. The largest absolute Gasteiger partial charge is 0.481 e. The van der Waals surface area contributed by atoms with Crippen molar-refractivity contribution in [1.29, 1.82) is 0 Å². The van der Waals surface area contributed by atoms with E-state index in [1.165, 1.54) is 7.11 Å². The van der Waals surface area contributed by atoms with Gasteiger partial charge in [0, 0.05) is 19.2 Å². The molecule has 5 nitrogen and oxygen atoms in total. The van der Waals surface area contributed by atoms with Crippen LogP contribution in [-0.2, 0) is 9.53 Å². The Morgan fingerprint density at radius 3 is 2.53 bits per heavy atom. The highest BCUT2D eigenvalue weighted by atomic mass is 16.5. The molecule has 0 heterocycles. The summed E-state index contributed by atoms with van der Waals surface area (Å²) in [6, 6.07) is 5.44. The van der Waals surface area contributed by atoms with E-state index in [0.717, 1.165) is 11.1 Å². The number of carboxylic acid groups (broad SMARTS) is 1. The minimum absolute atomic E-state index is 0.135. The monoisotopic (exact) mass is 265 g/mol. The van der Waals surface area contributed by atoms with Crippen molar-refractivity contribution in [3.05, 3.63) is 34.9 Å². The van der Waals surface area contributed by atoms with Crippen LogP contribution in [-0.4, -0.2) is 36.7 Å². The van der Waals surface area contributed by atoms with Crippen molar-refractivity contribution in [1.82, 2.24) is 5.32 Å². The highest BCUT2D eigenvalue weighted by molar-refractivity contribution is 5.94. The number of carbonyl (C=O) groups is 2. The molecule has 1 unspecified atom stereocenters. The lowest BCUT2D eigenvalue weighted by molar-refractivity contribution is -0.139. The summed E-state index contributed by atoms with van der Waals surface area (Å²) in [6.07, 6.45) is -0.656. The molecule has 0 bridgehead atoms. The third kappa shape index (κ3) is 4.71. The van der Waals surface area contributed by atoms with Crippen molar-refractivity contribution < 1.29 is 19.4 Å². The number of hydrogen-bond donors (Lipinski definition) is 2. The number of methoxy groups -OCH3 is 1. The first-order valence-electron chi connectivity index (χ1n) is 6.04. The average Bonchev–Trinajstić information content (AvgIpc) is 2.36.